The molecule has 0 aromatic carbocycles. The molecule has 0 amide bonds. The third-order valence-corrected chi connectivity index (χ3v) is 14.1. The Morgan fingerprint density at radius 3 is 2.35 bits per heavy atom. The summed E-state index contributed by atoms with van der Waals surface area (Å²) in [5.74, 6) is 0.580. The van der Waals surface area contributed by atoms with Gasteiger partial charge in [-0.3, -0.25) is 4.79 Å². The highest BCUT2D eigenvalue weighted by Gasteiger charge is 2.83. The Morgan fingerprint density at radius 1 is 0.953 bits per heavy atom. The molecule has 0 aromatic heterocycles. The molecular weight excluding hydrogens is 552 g/mol. The fourth-order valence-electron chi connectivity index (χ4n) is 11.7. The number of carbonyl (C=O) groups is 1. The number of hydrogen-bond donors (Lipinski definition) is 4. The Hall–Kier alpha value is -0.810. The van der Waals surface area contributed by atoms with E-state index in [-0.39, 0.29) is 64.6 Å². The molecule has 5 saturated carbocycles. The Kier molecular flexibility index (Phi) is 8.13. The zero-order valence-electron chi connectivity index (χ0n) is 27.1. The number of ether oxygens (including phenoxy) is 4. The number of aliphatic hydroxyl groups excluding tert-OH is 4. The van der Waals surface area contributed by atoms with Gasteiger partial charge in [0.25, 0.3) is 0 Å². The van der Waals surface area contributed by atoms with E-state index in [4.69, 9.17) is 18.9 Å². The minimum atomic E-state index is -1.28. The number of fused-ring (bicyclic) bond motifs is 2. The Morgan fingerprint density at radius 2 is 1.65 bits per heavy atom. The highest BCUT2D eigenvalue weighted by Crippen LogP contribution is 2.88. The van der Waals surface area contributed by atoms with Crippen molar-refractivity contribution >= 4 is 5.97 Å². The lowest BCUT2D eigenvalue weighted by Gasteiger charge is -2.63. The molecular formula is C34H56O9. The van der Waals surface area contributed by atoms with Gasteiger partial charge in [-0.15, -0.1) is 0 Å². The van der Waals surface area contributed by atoms with Gasteiger partial charge in [0.2, 0.25) is 0 Å². The molecule has 14 unspecified atom stereocenters. The summed E-state index contributed by atoms with van der Waals surface area (Å²) in [6.45, 7) is 13.0. The van der Waals surface area contributed by atoms with Crippen LogP contribution in [0.25, 0.3) is 0 Å². The van der Waals surface area contributed by atoms with Crippen LogP contribution in [0.5, 0.6) is 0 Å². The van der Waals surface area contributed by atoms with Crippen LogP contribution in [0.1, 0.15) is 106 Å². The molecule has 1 heterocycles. The van der Waals surface area contributed by atoms with E-state index in [1.807, 2.05) is 0 Å². The molecule has 4 N–H and O–H groups in total. The lowest BCUT2D eigenvalue weighted by Crippen LogP contribution is -2.60. The van der Waals surface area contributed by atoms with Crippen molar-refractivity contribution < 1.29 is 44.2 Å². The topological polar surface area (TPSA) is 135 Å². The highest BCUT2D eigenvalue weighted by molar-refractivity contribution is 5.65. The van der Waals surface area contributed by atoms with Gasteiger partial charge in [-0.2, -0.15) is 0 Å². The van der Waals surface area contributed by atoms with Gasteiger partial charge in [0, 0.05) is 12.3 Å². The number of rotatable bonds is 8. The predicted molar refractivity (Wildman–Crippen MR) is 158 cm³/mol. The van der Waals surface area contributed by atoms with Gasteiger partial charge in [0.15, 0.2) is 6.29 Å². The average molecular weight is 609 g/mol. The molecule has 246 valence electrons. The second kappa shape index (κ2) is 10.9. The highest BCUT2D eigenvalue weighted by atomic mass is 16.7. The maximum atomic E-state index is 12.1. The molecule has 6 aliphatic rings. The monoisotopic (exact) mass is 608 g/mol. The fraction of sp³-hybridized carbons (Fsp3) is 0.971. The lowest BCUT2D eigenvalue weighted by atomic mass is 9.42. The van der Waals surface area contributed by atoms with E-state index in [0.29, 0.717) is 11.8 Å². The second-order valence-electron chi connectivity index (χ2n) is 16.3. The van der Waals surface area contributed by atoms with Crippen LogP contribution in [0.4, 0.5) is 0 Å². The molecule has 1 saturated heterocycles. The van der Waals surface area contributed by atoms with Crippen molar-refractivity contribution in [3.63, 3.8) is 0 Å². The maximum absolute atomic E-state index is 12.1. The van der Waals surface area contributed by atoms with Crippen LogP contribution in [0.15, 0.2) is 0 Å². The minimum Gasteiger partial charge on any atom is -0.463 e. The van der Waals surface area contributed by atoms with Crippen molar-refractivity contribution in [3.8, 4) is 0 Å². The van der Waals surface area contributed by atoms with E-state index in [1.54, 1.807) is 0 Å². The number of esters is 1. The molecule has 0 radical (unpaired) electrons. The number of aliphatic hydroxyl groups is 4. The van der Waals surface area contributed by atoms with Gasteiger partial charge >= 0.3 is 5.97 Å². The Labute approximate surface area is 257 Å². The van der Waals surface area contributed by atoms with Crippen LogP contribution in [-0.4, -0.2) is 88.6 Å². The molecule has 6 fully saturated rings. The van der Waals surface area contributed by atoms with Crippen molar-refractivity contribution in [3.05, 3.63) is 0 Å². The molecule has 1 aliphatic heterocycles. The summed E-state index contributed by atoms with van der Waals surface area (Å²) in [5, 5.41) is 42.8. The van der Waals surface area contributed by atoms with Crippen LogP contribution < -0.4 is 0 Å². The zero-order chi connectivity index (χ0) is 31.2. The molecule has 2 spiro atoms. The van der Waals surface area contributed by atoms with Gasteiger partial charge in [-0.05, 0) is 91.3 Å². The molecule has 5 aliphatic carbocycles. The van der Waals surface area contributed by atoms with Gasteiger partial charge in [-0.25, -0.2) is 0 Å². The molecule has 0 aromatic rings. The first-order valence-corrected chi connectivity index (χ1v) is 16.9. The van der Waals surface area contributed by atoms with E-state index in [0.717, 1.165) is 51.4 Å². The largest absolute Gasteiger partial charge is 0.463 e. The van der Waals surface area contributed by atoms with Gasteiger partial charge in [-0.1, -0.05) is 41.0 Å². The smallest absolute Gasteiger partial charge is 0.302 e. The van der Waals surface area contributed by atoms with Crippen molar-refractivity contribution in [1.82, 2.24) is 0 Å². The Balaban J connectivity index is 1.20. The third-order valence-electron chi connectivity index (χ3n) is 14.1. The maximum Gasteiger partial charge on any atom is 0.302 e. The van der Waals surface area contributed by atoms with Gasteiger partial charge in [0.1, 0.15) is 24.9 Å². The minimum absolute atomic E-state index is 0.0164. The first kappa shape index (κ1) is 32.1. The summed E-state index contributed by atoms with van der Waals surface area (Å²) in [7, 11) is 0. The second-order valence-corrected chi connectivity index (χ2v) is 16.3. The summed E-state index contributed by atoms with van der Waals surface area (Å²) >= 11 is 0. The normalized spacial score (nSPS) is 52.3. The predicted octanol–water partition coefficient (Wildman–Crippen LogP) is 3.72. The quantitative estimate of drug-likeness (QED) is 0.240. The molecule has 9 nitrogen and oxygen atoms in total. The SMILES string of the molecule is CCCC(COC(C)=O)OC1CC2(C)CCC34CC35CCC(OC3OCC(O)C(O)C3O)C(C)(C)C5CCC4C2(C)C1O. The van der Waals surface area contributed by atoms with E-state index >= 15 is 0 Å². The van der Waals surface area contributed by atoms with E-state index in [1.165, 1.54) is 19.8 Å². The zero-order valence-corrected chi connectivity index (χ0v) is 27.1. The van der Waals surface area contributed by atoms with E-state index in [2.05, 4.69) is 34.6 Å². The van der Waals surface area contributed by atoms with Crippen LogP contribution in [0.2, 0.25) is 0 Å². The molecule has 9 heteroatoms. The molecule has 43 heavy (non-hydrogen) atoms. The van der Waals surface area contributed by atoms with E-state index in [9.17, 15) is 25.2 Å². The summed E-state index contributed by atoms with van der Waals surface area (Å²) < 4.78 is 24.0. The molecule has 14 atom stereocenters. The first-order chi connectivity index (χ1) is 20.2. The molecule has 0 bridgehead atoms. The van der Waals surface area contributed by atoms with Crippen molar-refractivity contribution in [1.29, 1.82) is 0 Å². The number of carbonyl (C=O) groups excluding carboxylic acids is 1. The van der Waals surface area contributed by atoms with Crippen LogP contribution >= 0.6 is 0 Å². The van der Waals surface area contributed by atoms with Crippen molar-refractivity contribution in [2.45, 2.75) is 155 Å². The summed E-state index contributed by atoms with van der Waals surface area (Å²) in [6.07, 6.45) is 4.31. The summed E-state index contributed by atoms with van der Waals surface area (Å²) in [4.78, 5) is 11.5. The third kappa shape index (κ3) is 4.61. The van der Waals surface area contributed by atoms with Crippen LogP contribution in [0.3, 0.4) is 0 Å². The molecule has 6 rings (SSSR count). The Bertz CT molecular complexity index is 1070. The number of hydrogen-bond acceptors (Lipinski definition) is 9. The van der Waals surface area contributed by atoms with Crippen LogP contribution in [0, 0.1) is 38.9 Å². The standard InChI is InChI=1S/C34H56O9/c1-7-8-20(16-40-19(2)35)42-22-15-31(5)13-14-34-18-33(34)12-11-25(43-29-27(38)26(37)21(36)17-41-29)30(3,4)23(33)9-10-24(34)32(31,6)28(22)39/h20-29,36-39H,7-18H2,1-6H3. The van der Waals surface area contributed by atoms with Crippen molar-refractivity contribution in [2.75, 3.05) is 13.2 Å². The summed E-state index contributed by atoms with van der Waals surface area (Å²) in [5.41, 5.74) is 0.0190. The lowest BCUT2D eigenvalue weighted by molar-refractivity contribution is -0.303. The van der Waals surface area contributed by atoms with Crippen molar-refractivity contribution in [2.24, 2.45) is 38.9 Å². The van der Waals surface area contributed by atoms with E-state index < -0.39 is 30.7 Å². The van der Waals surface area contributed by atoms with Gasteiger partial charge < -0.3 is 39.4 Å². The van der Waals surface area contributed by atoms with Crippen LogP contribution in [-0.2, 0) is 23.7 Å². The summed E-state index contributed by atoms with van der Waals surface area (Å²) in [6, 6.07) is 0. The first-order valence-electron chi connectivity index (χ1n) is 16.9. The fourth-order valence-corrected chi connectivity index (χ4v) is 11.7. The average Bonchev–Trinajstić information content (AvgIpc) is 3.57. The van der Waals surface area contributed by atoms with Gasteiger partial charge in [0.05, 0.1) is 31.0 Å².